The molecule has 0 aromatic rings. The largest absolute Gasteiger partial charge is 0.390 e. The minimum absolute atomic E-state index is 0.0512. The summed E-state index contributed by atoms with van der Waals surface area (Å²) in [6.07, 6.45) is 1.44. The summed E-state index contributed by atoms with van der Waals surface area (Å²) in [5.74, 6) is 0.356. The summed E-state index contributed by atoms with van der Waals surface area (Å²) < 4.78 is 0. The molecular formula is C15H26O3. The maximum absolute atomic E-state index is 10.3. The molecule has 0 aromatic heterocycles. The van der Waals surface area contributed by atoms with Crippen LogP contribution in [-0.2, 0) is 0 Å². The van der Waals surface area contributed by atoms with Crippen LogP contribution in [0.25, 0.3) is 0 Å². The molecular weight excluding hydrogens is 228 g/mol. The van der Waals surface area contributed by atoms with Gasteiger partial charge in [-0.15, -0.1) is 0 Å². The highest BCUT2D eigenvalue weighted by Crippen LogP contribution is 2.29. The minimum Gasteiger partial charge on any atom is -0.390 e. The van der Waals surface area contributed by atoms with Gasteiger partial charge in [0.2, 0.25) is 0 Å². The van der Waals surface area contributed by atoms with E-state index in [2.05, 4.69) is 20.4 Å². The molecule has 1 rings (SSSR count). The average Bonchev–Trinajstić information content (AvgIpc) is 2.25. The maximum atomic E-state index is 10.3. The van der Waals surface area contributed by atoms with Gasteiger partial charge in [-0.3, -0.25) is 0 Å². The third-order valence-corrected chi connectivity index (χ3v) is 3.86. The zero-order valence-electron chi connectivity index (χ0n) is 11.6. The monoisotopic (exact) mass is 254 g/mol. The quantitative estimate of drug-likeness (QED) is 0.627. The van der Waals surface area contributed by atoms with Gasteiger partial charge in [-0.05, 0) is 37.2 Å². The van der Waals surface area contributed by atoms with E-state index in [-0.39, 0.29) is 5.92 Å². The van der Waals surface area contributed by atoms with Crippen molar-refractivity contribution in [3.63, 3.8) is 0 Å². The number of hydrogen-bond donors (Lipinski definition) is 3. The molecule has 4 atom stereocenters. The van der Waals surface area contributed by atoms with E-state index in [9.17, 15) is 15.3 Å². The number of aliphatic hydroxyl groups is 3. The van der Waals surface area contributed by atoms with Gasteiger partial charge in [0.1, 0.15) is 6.10 Å². The molecule has 0 amide bonds. The first-order chi connectivity index (χ1) is 8.32. The Balaban J connectivity index is 2.95. The van der Waals surface area contributed by atoms with E-state index in [0.29, 0.717) is 17.9 Å². The van der Waals surface area contributed by atoms with Crippen LogP contribution < -0.4 is 0 Å². The van der Waals surface area contributed by atoms with E-state index >= 15 is 0 Å². The van der Waals surface area contributed by atoms with Gasteiger partial charge in [-0.25, -0.2) is 0 Å². The van der Waals surface area contributed by atoms with Crippen LogP contribution in [-0.4, -0.2) is 33.6 Å². The van der Waals surface area contributed by atoms with E-state index in [0.717, 1.165) is 18.4 Å². The Labute approximate surface area is 110 Å². The van der Waals surface area contributed by atoms with Crippen LogP contribution in [0, 0.1) is 11.8 Å². The first-order valence-corrected chi connectivity index (χ1v) is 6.72. The third-order valence-electron chi connectivity index (χ3n) is 3.86. The van der Waals surface area contributed by atoms with E-state index in [1.165, 1.54) is 0 Å². The summed E-state index contributed by atoms with van der Waals surface area (Å²) >= 11 is 0. The van der Waals surface area contributed by atoms with Gasteiger partial charge in [0.25, 0.3) is 0 Å². The first kappa shape index (κ1) is 15.4. The SMILES string of the molecule is C=C1C[C@@H](O)/C=C(\C)CC[C@@H](C(C)C)[C@@H](O)[C@H]1O. The lowest BCUT2D eigenvalue weighted by Gasteiger charge is -2.32. The molecule has 104 valence electrons. The standard InChI is InChI=1S/C15H26O3/c1-9(2)13-6-5-10(3)7-12(16)8-11(4)14(17)15(13)18/h7,9,12-18H,4-6,8H2,1-3H3/b10-7+/t12-,13-,14-,15+/m0/s1. The highest BCUT2D eigenvalue weighted by atomic mass is 16.3. The van der Waals surface area contributed by atoms with Crippen molar-refractivity contribution >= 4 is 0 Å². The summed E-state index contributed by atoms with van der Waals surface area (Å²) in [5, 5.41) is 30.2. The molecule has 3 N–H and O–H groups in total. The van der Waals surface area contributed by atoms with Gasteiger partial charge in [0, 0.05) is 6.42 Å². The lowest BCUT2D eigenvalue weighted by molar-refractivity contribution is -0.0181. The molecule has 0 unspecified atom stereocenters. The highest BCUT2D eigenvalue weighted by Gasteiger charge is 2.31. The van der Waals surface area contributed by atoms with Crippen LogP contribution in [0.1, 0.15) is 40.0 Å². The molecule has 0 aliphatic heterocycles. The second kappa shape index (κ2) is 6.50. The molecule has 0 saturated carbocycles. The molecule has 18 heavy (non-hydrogen) atoms. The van der Waals surface area contributed by atoms with Crippen LogP contribution in [0.4, 0.5) is 0 Å². The van der Waals surface area contributed by atoms with Crippen LogP contribution in [0.15, 0.2) is 23.8 Å². The smallest absolute Gasteiger partial charge is 0.101 e. The number of hydrogen-bond acceptors (Lipinski definition) is 3. The molecule has 1 aliphatic carbocycles. The predicted octanol–water partition coefficient (Wildman–Crippen LogP) is 2.03. The van der Waals surface area contributed by atoms with Crippen molar-refractivity contribution in [3.8, 4) is 0 Å². The Kier molecular flexibility index (Phi) is 5.57. The van der Waals surface area contributed by atoms with Crippen molar-refractivity contribution in [2.75, 3.05) is 0 Å². The van der Waals surface area contributed by atoms with Crippen LogP contribution in [0.2, 0.25) is 0 Å². The van der Waals surface area contributed by atoms with E-state index in [1.807, 2.05) is 13.0 Å². The molecule has 0 radical (unpaired) electrons. The van der Waals surface area contributed by atoms with Crippen molar-refractivity contribution in [1.82, 2.24) is 0 Å². The predicted molar refractivity (Wildman–Crippen MR) is 73.1 cm³/mol. The number of rotatable bonds is 1. The summed E-state index contributed by atoms with van der Waals surface area (Å²) in [4.78, 5) is 0. The number of allylic oxidation sites excluding steroid dienone is 1. The molecule has 0 heterocycles. The molecule has 0 aromatic carbocycles. The molecule has 0 spiro atoms. The fraction of sp³-hybridized carbons (Fsp3) is 0.733. The van der Waals surface area contributed by atoms with Gasteiger partial charge >= 0.3 is 0 Å². The van der Waals surface area contributed by atoms with Gasteiger partial charge in [0.05, 0.1) is 12.2 Å². The Morgan fingerprint density at radius 1 is 1.28 bits per heavy atom. The lowest BCUT2D eigenvalue weighted by atomic mass is 9.80. The van der Waals surface area contributed by atoms with Gasteiger partial charge in [-0.2, -0.15) is 0 Å². The topological polar surface area (TPSA) is 60.7 Å². The van der Waals surface area contributed by atoms with Gasteiger partial charge < -0.3 is 15.3 Å². The molecule has 0 saturated heterocycles. The minimum atomic E-state index is -0.946. The Morgan fingerprint density at radius 3 is 2.44 bits per heavy atom. The zero-order chi connectivity index (χ0) is 13.9. The average molecular weight is 254 g/mol. The van der Waals surface area contributed by atoms with E-state index in [4.69, 9.17) is 0 Å². The van der Waals surface area contributed by atoms with Crippen molar-refractivity contribution in [2.24, 2.45) is 11.8 Å². The Morgan fingerprint density at radius 2 is 1.89 bits per heavy atom. The fourth-order valence-electron chi connectivity index (χ4n) is 2.63. The van der Waals surface area contributed by atoms with Crippen molar-refractivity contribution in [1.29, 1.82) is 0 Å². The lowest BCUT2D eigenvalue weighted by Crippen LogP contribution is -2.38. The van der Waals surface area contributed by atoms with E-state index in [1.54, 1.807) is 0 Å². The summed E-state index contributed by atoms with van der Waals surface area (Å²) in [6, 6.07) is 0. The summed E-state index contributed by atoms with van der Waals surface area (Å²) in [5.41, 5.74) is 1.64. The summed E-state index contributed by atoms with van der Waals surface area (Å²) in [6.45, 7) is 9.90. The third kappa shape index (κ3) is 3.94. The van der Waals surface area contributed by atoms with Gasteiger partial charge in [0.15, 0.2) is 0 Å². The Bertz CT molecular complexity index is 320. The second-order valence-electron chi connectivity index (χ2n) is 5.82. The second-order valence-corrected chi connectivity index (χ2v) is 5.82. The highest BCUT2D eigenvalue weighted by molar-refractivity contribution is 5.13. The Hall–Kier alpha value is -0.640. The zero-order valence-corrected chi connectivity index (χ0v) is 11.6. The first-order valence-electron chi connectivity index (χ1n) is 6.72. The van der Waals surface area contributed by atoms with Crippen molar-refractivity contribution in [2.45, 2.75) is 58.3 Å². The molecule has 1 aliphatic rings. The number of aliphatic hydroxyl groups excluding tert-OH is 3. The van der Waals surface area contributed by atoms with Crippen LogP contribution in [0.3, 0.4) is 0 Å². The van der Waals surface area contributed by atoms with Crippen molar-refractivity contribution < 1.29 is 15.3 Å². The summed E-state index contributed by atoms with van der Waals surface area (Å²) in [7, 11) is 0. The van der Waals surface area contributed by atoms with Crippen LogP contribution in [0.5, 0.6) is 0 Å². The molecule has 0 fully saturated rings. The van der Waals surface area contributed by atoms with E-state index < -0.39 is 18.3 Å². The van der Waals surface area contributed by atoms with Gasteiger partial charge in [-0.1, -0.05) is 32.1 Å². The van der Waals surface area contributed by atoms with Crippen molar-refractivity contribution in [3.05, 3.63) is 23.8 Å². The molecule has 3 heteroatoms. The van der Waals surface area contributed by atoms with Crippen LogP contribution >= 0.6 is 0 Å². The molecule has 3 nitrogen and oxygen atoms in total. The maximum Gasteiger partial charge on any atom is 0.101 e. The normalized spacial score (nSPS) is 38.4. The molecule has 0 bridgehead atoms. The fourth-order valence-corrected chi connectivity index (χ4v) is 2.63.